The Labute approximate surface area is 158 Å². The van der Waals surface area contributed by atoms with E-state index in [1.807, 2.05) is 24.3 Å². The van der Waals surface area contributed by atoms with Crippen molar-refractivity contribution in [2.24, 2.45) is 0 Å². The molecule has 0 saturated carbocycles. The molecule has 6 heteroatoms. The first-order valence-corrected chi connectivity index (χ1v) is 8.63. The van der Waals surface area contributed by atoms with Crippen LogP contribution < -0.4 is 10.2 Å². The van der Waals surface area contributed by atoms with Gasteiger partial charge < -0.3 is 10.2 Å². The molecule has 1 aliphatic heterocycles. The zero-order valence-corrected chi connectivity index (χ0v) is 15.1. The Morgan fingerprint density at radius 2 is 1.70 bits per heavy atom. The molecule has 1 N–H and O–H groups in total. The molecule has 1 heterocycles. The van der Waals surface area contributed by atoms with Gasteiger partial charge in [0, 0.05) is 12.2 Å². The first-order valence-electron chi connectivity index (χ1n) is 8.63. The first-order chi connectivity index (χ1) is 13.0. The predicted molar refractivity (Wildman–Crippen MR) is 103 cm³/mol. The molecule has 0 unspecified atom stereocenters. The van der Waals surface area contributed by atoms with Crippen LogP contribution in [0.1, 0.15) is 12.5 Å². The molecule has 2 aromatic rings. The summed E-state index contributed by atoms with van der Waals surface area (Å²) >= 11 is 0. The fourth-order valence-corrected chi connectivity index (χ4v) is 3.12. The normalized spacial score (nSPS) is 18.9. The second-order valence-corrected chi connectivity index (χ2v) is 6.44. The highest BCUT2D eigenvalue weighted by molar-refractivity contribution is 6.10. The lowest BCUT2D eigenvalue weighted by Gasteiger charge is -2.24. The summed E-state index contributed by atoms with van der Waals surface area (Å²) in [6.07, 6.45) is 1.60. The molecule has 2 aromatic carbocycles. The van der Waals surface area contributed by atoms with Crippen molar-refractivity contribution in [2.75, 3.05) is 18.0 Å². The van der Waals surface area contributed by atoms with Crippen molar-refractivity contribution in [3.63, 3.8) is 0 Å². The van der Waals surface area contributed by atoms with Gasteiger partial charge in [0.25, 0.3) is 5.91 Å². The molecule has 4 amide bonds. The Balaban J connectivity index is 1.82. The molecule has 0 spiro atoms. The largest absolute Gasteiger partial charge is 0.325 e. The molecule has 6 nitrogen and oxygen atoms in total. The molecular weight excluding hydrogens is 342 g/mol. The van der Waals surface area contributed by atoms with Crippen molar-refractivity contribution < 1.29 is 14.4 Å². The van der Waals surface area contributed by atoms with Crippen LogP contribution in [0.4, 0.5) is 10.5 Å². The van der Waals surface area contributed by atoms with Crippen LogP contribution in [0.2, 0.25) is 0 Å². The number of imide groups is 1. The summed E-state index contributed by atoms with van der Waals surface area (Å²) in [5.41, 5.74) is 0.166. The van der Waals surface area contributed by atoms with Crippen molar-refractivity contribution in [1.82, 2.24) is 10.2 Å². The zero-order chi connectivity index (χ0) is 19.4. The van der Waals surface area contributed by atoms with E-state index in [0.29, 0.717) is 11.3 Å². The van der Waals surface area contributed by atoms with Gasteiger partial charge in [-0.3, -0.25) is 14.5 Å². The summed E-state index contributed by atoms with van der Waals surface area (Å²) in [7, 11) is 0. The van der Waals surface area contributed by atoms with Gasteiger partial charge in [0.1, 0.15) is 12.1 Å². The van der Waals surface area contributed by atoms with Gasteiger partial charge in [-0.05, 0) is 24.6 Å². The van der Waals surface area contributed by atoms with Crippen LogP contribution in [0.15, 0.2) is 73.3 Å². The Morgan fingerprint density at radius 1 is 1.11 bits per heavy atom. The first kappa shape index (κ1) is 18.4. The van der Waals surface area contributed by atoms with E-state index in [9.17, 15) is 14.4 Å². The summed E-state index contributed by atoms with van der Waals surface area (Å²) in [6, 6.07) is 17.5. The molecule has 3 rings (SSSR count). The van der Waals surface area contributed by atoms with Gasteiger partial charge in [-0.25, -0.2) is 4.79 Å². The minimum absolute atomic E-state index is 0.280. The number of nitrogens with one attached hydrogen (secondary N) is 1. The van der Waals surface area contributed by atoms with E-state index in [0.717, 1.165) is 4.90 Å². The van der Waals surface area contributed by atoms with Crippen molar-refractivity contribution in [3.8, 4) is 0 Å². The van der Waals surface area contributed by atoms with E-state index in [1.54, 1.807) is 49.4 Å². The van der Waals surface area contributed by atoms with Crippen LogP contribution in [0.5, 0.6) is 0 Å². The van der Waals surface area contributed by atoms with Crippen LogP contribution in [-0.4, -0.2) is 35.8 Å². The average molecular weight is 363 g/mol. The molecule has 27 heavy (non-hydrogen) atoms. The molecule has 0 aromatic heterocycles. The Morgan fingerprint density at radius 3 is 2.30 bits per heavy atom. The standard InChI is InChI=1S/C21H21N3O3/c1-3-14-23(17-12-8-5-9-13-17)18(25)15-24-19(26)21(2,22-20(24)27)16-10-6-4-7-11-16/h3-13H,1,14-15H2,2H3,(H,22,27)/t21-/m0/s1. The Hall–Kier alpha value is -3.41. The molecule has 0 aliphatic carbocycles. The number of hydrogen-bond acceptors (Lipinski definition) is 3. The van der Waals surface area contributed by atoms with Gasteiger partial charge in [-0.15, -0.1) is 6.58 Å². The van der Waals surface area contributed by atoms with Gasteiger partial charge >= 0.3 is 6.03 Å². The molecular formula is C21H21N3O3. The summed E-state index contributed by atoms with van der Waals surface area (Å²) in [5.74, 6) is -0.805. The third kappa shape index (κ3) is 3.46. The lowest BCUT2D eigenvalue weighted by atomic mass is 9.92. The third-order valence-electron chi connectivity index (χ3n) is 4.60. The van der Waals surface area contributed by atoms with Gasteiger partial charge in [-0.2, -0.15) is 0 Å². The van der Waals surface area contributed by atoms with Crippen LogP contribution >= 0.6 is 0 Å². The number of benzene rings is 2. The summed E-state index contributed by atoms with van der Waals surface area (Å²) in [4.78, 5) is 40.7. The van der Waals surface area contributed by atoms with Gasteiger partial charge in [-0.1, -0.05) is 54.6 Å². The number of nitrogens with zero attached hydrogens (tertiary/aromatic N) is 2. The van der Waals surface area contributed by atoms with Gasteiger partial charge in [0.15, 0.2) is 0 Å². The number of anilines is 1. The number of carbonyl (C=O) groups is 3. The van der Waals surface area contributed by atoms with Crippen molar-refractivity contribution >= 4 is 23.5 Å². The third-order valence-corrected chi connectivity index (χ3v) is 4.60. The van der Waals surface area contributed by atoms with E-state index >= 15 is 0 Å². The van der Waals surface area contributed by atoms with Crippen molar-refractivity contribution in [1.29, 1.82) is 0 Å². The quantitative estimate of drug-likeness (QED) is 0.634. The molecule has 138 valence electrons. The van der Waals surface area contributed by atoms with Crippen molar-refractivity contribution in [3.05, 3.63) is 78.9 Å². The minimum atomic E-state index is -1.19. The number of urea groups is 1. The molecule has 1 saturated heterocycles. The number of carbonyl (C=O) groups excluding carboxylic acids is 3. The highest BCUT2D eigenvalue weighted by atomic mass is 16.2. The van der Waals surface area contributed by atoms with Crippen LogP contribution in [0, 0.1) is 0 Å². The summed E-state index contributed by atoms with van der Waals surface area (Å²) in [5, 5.41) is 2.71. The summed E-state index contributed by atoms with van der Waals surface area (Å²) in [6.45, 7) is 5.27. The summed E-state index contributed by atoms with van der Waals surface area (Å²) < 4.78 is 0. The maximum atomic E-state index is 12.9. The molecule has 0 radical (unpaired) electrons. The SMILES string of the molecule is C=CCN(C(=O)CN1C(=O)N[C@@](C)(c2ccccc2)C1=O)c1ccccc1. The highest BCUT2D eigenvalue weighted by Gasteiger charge is 2.49. The van der Waals surface area contributed by atoms with E-state index in [2.05, 4.69) is 11.9 Å². The number of rotatable bonds is 6. The van der Waals surface area contributed by atoms with E-state index < -0.39 is 17.5 Å². The van der Waals surface area contributed by atoms with E-state index in [4.69, 9.17) is 0 Å². The van der Waals surface area contributed by atoms with Gasteiger partial charge in [0.05, 0.1) is 0 Å². The number of para-hydroxylation sites is 1. The smallest absolute Gasteiger partial charge is 0.319 e. The second-order valence-electron chi connectivity index (χ2n) is 6.44. The van der Waals surface area contributed by atoms with Crippen molar-refractivity contribution in [2.45, 2.75) is 12.5 Å². The van der Waals surface area contributed by atoms with Gasteiger partial charge in [0.2, 0.25) is 5.91 Å². The molecule has 1 aliphatic rings. The monoisotopic (exact) mass is 363 g/mol. The highest BCUT2D eigenvalue weighted by Crippen LogP contribution is 2.28. The molecule has 1 atom stereocenters. The van der Waals surface area contributed by atoms with E-state index in [-0.39, 0.29) is 19.0 Å². The maximum absolute atomic E-state index is 12.9. The van der Waals surface area contributed by atoms with Crippen LogP contribution in [-0.2, 0) is 15.1 Å². The fourth-order valence-electron chi connectivity index (χ4n) is 3.12. The Bertz CT molecular complexity index is 867. The van der Waals surface area contributed by atoms with Crippen LogP contribution in [0.3, 0.4) is 0 Å². The lowest BCUT2D eigenvalue weighted by molar-refractivity contribution is -0.134. The predicted octanol–water partition coefficient (Wildman–Crippen LogP) is 2.67. The molecule has 0 bridgehead atoms. The maximum Gasteiger partial charge on any atom is 0.325 e. The molecule has 1 fully saturated rings. The number of hydrogen-bond donors (Lipinski definition) is 1. The lowest BCUT2D eigenvalue weighted by Crippen LogP contribution is -2.44. The number of amides is 4. The fraction of sp³-hybridized carbons (Fsp3) is 0.190. The van der Waals surface area contributed by atoms with E-state index in [1.165, 1.54) is 4.90 Å². The topological polar surface area (TPSA) is 69.7 Å². The average Bonchev–Trinajstić information content (AvgIpc) is 2.91. The second kappa shape index (κ2) is 7.45. The van der Waals surface area contributed by atoms with Crippen LogP contribution in [0.25, 0.3) is 0 Å². The zero-order valence-electron chi connectivity index (χ0n) is 15.1. The Kier molecular flexibility index (Phi) is 5.07. The minimum Gasteiger partial charge on any atom is -0.319 e.